The van der Waals surface area contributed by atoms with E-state index in [1.807, 2.05) is 6.92 Å². The number of ether oxygens (including phenoxy) is 1. The highest BCUT2D eigenvalue weighted by Crippen LogP contribution is 2.25. The number of aliphatic hydroxyl groups is 1. The maximum Gasteiger partial charge on any atom is 0.416 e. The van der Waals surface area contributed by atoms with Gasteiger partial charge in [-0.1, -0.05) is 16.8 Å². The summed E-state index contributed by atoms with van der Waals surface area (Å²) in [4.78, 5) is 26.3. The molecule has 0 spiro atoms. The monoisotopic (exact) mass is 430 g/mol. The van der Waals surface area contributed by atoms with E-state index >= 15 is 0 Å². The van der Waals surface area contributed by atoms with E-state index in [1.54, 1.807) is 37.3 Å². The van der Waals surface area contributed by atoms with Gasteiger partial charge in [-0.05, 0) is 44.2 Å². The lowest BCUT2D eigenvalue weighted by Gasteiger charge is -2.22. The van der Waals surface area contributed by atoms with Crippen LogP contribution in [0.5, 0.6) is 0 Å². The Hall–Kier alpha value is -3.24. The third-order valence-electron chi connectivity index (χ3n) is 4.61. The zero-order valence-electron chi connectivity index (χ0n) is 16.2. The van der Waals surface area contributed by atoms with Crippen molar-refractivity contribution in [2.24, 2.45) is 0 Å². The van der Waals surface area contributed by atoms with Crippen LogP contribution >= 0.6 is 11.6 Å². The van der Waals surface area contributed by atoms with Crippen LogP contribution in [0.15, 0.2) is 41.1 Å². The Kier molecular flexibility index (Phi) is 5.51. The van der Waals surface area contributed by atoms with E-state index in [0.29, 0.717) is 22.6 Å². The minimum absolute atomic E-state index is 0.0924. The molecule has 1 amide bonds. The van der Waals surface area contributed by atoms with E-state index in [2.05, 4.69) is 25.4 Å². The summed E-state index contributed by atoms with van der Waals surface area (Å²) in [6.45, 7) is 3.50. The molecule has 3 heterocycles. The number of benzene rings is 1. The van der Waals surface area contributed by atoms with E-state index in [-0.39, 0.29) is 12.6 Å². The number of cyclic esters (lactones) is 1. The molecule has 0 unspecified atom stereocenters. The number of rotatable bonds is 6. The number of nitrogens with one attached hydrogen (secondary N) is 1. The molecule has 1 aliphatic rings. The molecule has 1 aromatic carbocycles. The molecular weight excluding hydrogens is 412 g/mol. The van der Waals surface area contributed by atoms with Gasteiger partial charge in [0.2, 0.25) is 17.7 Å². The van der Waals surface area contributed by atoms with Gasteiger partial charge < -0.3 is 19.7 Å². The second kappa shape index (κ2) is 8.25. The maximum atomic E-state index is 12.1. The molecule has 1 fully saturated rings. The summed E-state index contributed by atoms with van der Waals surface area (Å²) in [6.07, 6.45) is 0.171. The number of hydrogen-bond donors (Lipinski definition) is 2. The lowest BCUT2D eigenvalue weighted by atomic mass is 10.2. The van der Waals surface area contributed by atoms with Crippen LogP contribution in [0.25, 0.3) is 11.4 Å². The zero-order chi connectivity index (χ0) is 21.3. The van der Waals surface area contributed by atoms with Crippen LogP contribution in [0.1, 0.15) is 25.8 Å². The summed E-state index contributed by atoms with van der Waals surface area (Å²) in [5.41, 5.74) is 0.775. The molecule has 0 radical (unpaired) electrons. The number of amides is 1. The largest absolute Gasteiger partial charge is 0.447 e. The fourth-order valence-electron chi connectivity index (χ4n) is 2.99. The fourth-order valence-corrected chi connectivity index (χ4v) is 3.12. The third-order valence-corrected chi connectivity index (χ3v) is 4.86. The fraction of sp³-hybridized carbons (Fsp3) is 0.316. The van der Waals surface area contributed by atoms with E-state index in [1.165, 1.54) is 11.1 Å². The third kappa shape index (κ3) is 4.05. The van der Waals surface area contributed by atoms with Crippen molar-refractivity contribution < 1.29 is 19.2 Å². The average Bonchev–Trinajstić information content (AvgIpc) is 3.36. The standard InChI is InChI=1S/C19H19ClN6O4/c1-10(17-24-16(25-30-17)12-3-5-13(20)6-4-12)22-18-21-8-7-15(23-18)26-14(11(2)27)9-29-19(26)28/h3-8,10-11,14,27H,9H2,1-2H3,(H,21,22,23)/t10-,11+,14+/m0/s1. The van der Waals surface area contributed by atoms with Gasteiger partial charge in [-0.3, -0.25) is 4.90 Å². The van der Waals surface area contributed by atoms with Crippen LogP contribution in [0.4, 0.5) is 16.6 Å². The predicted molar refractivity (Wildman–Crippen MR) is 108 cm³/mol. The topological polar surface area (TPSA) is 127 Å². The first-order valence-corrected chi connectivity index (χ1v) is 9.63. The van der Waals surface area contributed by atoms with Crippen LogP contribution in [-0.4, -0.2) is 50.1 Å². The van der Waals surface area contributed by atoms with Gasteiger partial charge in [-0.15, -0.1) is 0 Å². The Balaban J connectivity index is 1.50. The zero-order valence-corrected chi connectivity index (χ0v) is 16.9. The second-order valence-electron chi connectivity index (χ2n) is 6.82. The molecule has 11 heteroatoms. The number of hydrogen-bond acceptors (Lipinski definition) is 9. The molecule has 10 nitrogen and oxygen atoms in total. The number of halogens is 1. The summed E-state index contributed by atoms with van der Waals surface area (Å²) in [7, 11) is 0. The highest BCUT2D eigenvalue weighted by atomic mass is 35.5. The Labute approximate surface area is 176 Å². The Bertz CT molecular complexity index is 1040. The molecule has 1 aliphatic heterocycles. The summed E-state index contributed by atoms with van der Waals surface area (Å²) in [5, 5.41) is 17.6. The molecule has 2 aromatic heterocycles. The van der Waals surface area contributed by atoms with Gasteiger partial charge in [0, 0.05) is 16.8 Å². The molecule has 2 N–H and O–H groups in total. The first kappa shape index (κ1) is 20.0. The minimum atomic E-state index is -0.772. The molecule has 4 rings (SSSR count). The molecule has 3 aromatic rings. The maximum absolute atomic E-state index is 12.1. The van der Waals surface area contributed by atoms with Crippen molar-refractivity contribution in [1.29, 1.82) is 0 Å². The molecule has 0 saturated carbocycles. The number of carbonyl (C=O) groups excluding carboxylic acids is 1. The summed E-state index contributed by atoms with van der Waals surface area (Å²) < 4.78 is 10.4. The van der Waals surface area contributed by atoms with Crippen LogP contribution < -0.4 is 10.2 Å². The van der Waals surface area contributed by atoms with Crippen molar-refractivity contribution in [3.8, 4) is 11.4 Å². The first-order chi connectivity index (χ1) is 14.4. The number of carbonyl (C=O) groups is 1. The SMILES string of the molecule is C[C@H](Nc1nccc(N2C(=O)OC[C@@H]2[C@@H](C)O)n1)c1nc(-c2ccc(Cl)cc2)no1. The Morgan fingerprint density at radius 1 is 1.23 bits per heavy atom. The van der Waals surface area contributed by atoms with E-state index < -0.39 is 24.3 Å². The Morgan fingerprint density at radius 2 is 2.00 bits per heavy atom. The second-order valence-corrected chi connectivity index (χ2v) is 7.26. The minimum Gasteiger partial charge on any atom is -0.447 e. The van der Waals surface area contributed by atoms with E-state index in [9.17, 15) is 9.90 Å². The van der Waals surface area contributed by atoms with Crippen molar-refractivity contribution in [1.82, 2.24) is 20.1 Å². The van der Waals surface area contributed by atoms with Crippen LogP contribution in [0.3, 0.4) is 0 Å². The van der Waals surface area contributed by atoms with Crippen LogP contribution in [0, 0.1) is 0 Å². The van der Waals surface area contributed by atoms with Gasteiger partial charge in [0.05, 0.1) is 6.10 Å². The van der Waals surface area contributed by atoms with Crippen LogP contribution in [-0.2, 0) is 4.74 Å². The average molecular weight is 431 g/mol. The number of aromatic nitrogens is 4. The van der Waals surface area contributed by atoms with Gasteiger partial charge in [0.1, 0.15) is 24.5 Å². The van der Waals surface area contributed by atoms with Gasteiger partial charge in [-0.25, -0.2) is 9.78 Å². The number of nitrogens with zero attached hydrogens (tertiary/aromatic N) is 5. The van der Waals surface area contributed by atoms with Gasteiger partial charge in [0.15, 0.2) is 0 Å². The molecule has 156 valence electrons. The van der Waals surface area contributed by atoms with Gasteiger partial charge >= 0.3 is 6.09 Å². The highest BCUT2D eigenvalue weighted by Gasteiger charge is 2.38. The van der Waals surface area contributed by atoms with E-state index in [4.69, 9.17) is 20.9 Å². The van der Waals surface area contributed by atoms with Crippen molar-refractivity contribution in [3.63, 3.8) is 0 Å². The molecule has 1 saturated heterocycles. The van der Waals surface area contributed by atoms with Crippen molar-refractivity contribution >= 4 is 29.5 Å². The molecular formula is C19H19ClN6O4. The summed E-state index contributed by atoms with van der Waals surface area (Å²) in [5.74, 6) is 1.36. The first-order valence-electron chi connectivity index (χ1n) is 9.25. The number of aliphatic hydroxyl groups excluding tert-OH is 1. The lowest BCUT2D eigenvalue weighted by Crippen LogP contribution is -2.41. The smallest absolute Gasteiger partial charge is 0.416 e. The molecule has 0 aliphatic carbocycles. The van der Waals surface area contributed by atoms with Crippen molar-refractivity contribution in [2.75, 3.05) is 16.8 Å². The Morgan fingerprint density at radius 3 is 2.73 bits per heavy atom. The van der Waals surface area contributed by atoms with Crippen molar-refractivity contribution in [3.05, 3.63) is 47.4 Å². The normalized spacial score (nSPS) is 18.2. The number of anilines is 2. The quantitative estimate of drug-likeness (QED) is 0.606. The molecule has 3 atom stereocenters. The summed E-state index contributed by atoms with van der Waals surface area (Å²) in [6, 6.07) is 7.76. The molecule has 30 heavy (non-hydrogen) atoms. The predicted octanol–water partition coefficient (Wildman–Crippen LogP) is 3.06. The van der Waals surface area contributed by atoms with Crippen LogP contribution in [0.2, 0.25) is 5.02 Å². The highest BCUT2D eigenvalue weighted by molar-refractivity contribution is 6.30. The summed E-state index contributed by atoms with van der Waals surface area (Å²) >= 11 is 5.91. The van der Waals surface area contributed by atoms with Gasteiger partial charge in [0.25, 0.3) is 0 Å². The van der Waals surface area contributed by atoms with Gasteiger partial charge in [-0.2, -0.15) is 9.97 Å². The molecule has 0 bridgehead atoms. The lowest BCUT2D eigenvalue weighted by molar-refractivity contribution is 0.142. The van der Waals surface area contributed by atoms with Crippen molar-refractivity contribution in [2.45, 2.75) is 32.0 Å². The van der Waals surface area contributed by atoms with E-state index in [0.717, 1.165) is 5.56 Å².